The number of anilines is 1. The van der Waals surface area contributed by atoms with E-state index in [-0.39, 0.29) is 11.2 Å². The van der Waals surface area contributed by atoms with Crippen LogP contribution in [-0.2, 0) is 6.54 Å². The zero-order valence-electron chi connectivity index (χ0n) is 12.4. The summed E-state index contributed by atoms with van der Waals surface area (Å²) >= 11 is 0. The Morgan fingerprint density at radius 2 is 1.90 bits per heavy atom. The number of rotatable bonds is 5. The lowest BCUT2D eigenvalue weighted by atomic mass is 10.1. The second-order valence-corrected chi connectivity index (χ2v) is 4.58. The van der Waals surface area contributed by atoms with Gasteiger partial charge in [-0.05, 0) is 30.7 Å². The molecule has 0 aliphatic carbocycles. The number of aromatic nitrogens is 2. The van der Waals surface area contributed by atoms with Crippen LogP contribution in [-0.4, -0.2) is 24.0 Å². The van der Waals surface area contributed by atoms with E-state index in [1.807, 2.05) is 13.0 Å². The summed E-state index contributed by atoms with van der Waals surface area (Å²) in [6.07, 6.45) is 0.807. The van der Waals surface area contributed by atoms with E-state index in [1.54, 1.807) is 32.4 Å². The highest BCUT2D eigenvalue weighted by atomic mass is 16.5. The first-order chi connectivity index (χ1) is 10.1. The van der Waals surface area contributed by atoms with Crippen molar-refractivity contribution in [2.45, 2.75) is 19.9 Å². The lowest BCUT2D eigenvalue weighted by Crippen LogP contribution is -2.25. The highest BCUT2D eigenvalue weighted by Gasteiger charge is 2.10. The molecule has 0 radical (unpaired) electrons. The summed E-state index contributed by atoms with van der Waals surface area (Å²) < 4.78 is 11.9. The lowest BCUT2D eigenvalue weighted by molar-refractivity contribution is 0.355. The van der Waals surface area contributed by atoms with Crippen molar-refractivity contribution in [1.82, 2.24) is 9.78 Å². The summed E-state index contributed by atoms with van der Waals surface area (Å²) in [7, 11) is 3.15. The lowest BCUT2D eigenvalue weighted by Gasteiger charge is -2.11. The molecule has 0 saturated carbocycles. The minimum atomic E-state index is -0.263. The topological polar surface area (TPSA) is 79.4 Å². The molecule has 0 unspecified atom stereocenters. The van der Waals surface area contributed by atoms with Crippen molar-refractivity contribution in [3.63, 3.8) is 0 Å². The summed E-state index contributed by atoms with van der Waals surface area (Å²) in [5.41, 5.74) is 7.14. The van der Waals surface area contributed by atoms with Gasteiger partial charge in [-0.15, -0.1) is 0 Å². The van der Waals surface area contributed by atoms with E-state index in [0.717, 1.165) is 12.0 Å². The maximum atomic E-state index is 11.9. The normalized spacial score (nSPS) is 10.4. The zero-order chi connectivity index (χ0) is 15.4. The molecule has 0 bridgehead atoms. The Morgan fingerprint density at radius 3 is 2.52 bits per heavy atom. The zero-order valence-corrected chi connectivity index (χ0v) is 12.4. The van der Waals surface area contributed by atoms with Gasteiger partial charge in [-0.25, -0.2) is 4.68 Å². The smallest absolute Gasteiger partial charge is 0.289 e. The average Bonchev–Trinajstić information content (AvgIpc) is 2.51. The molecular formula is C15H19N3O3. The van der Waals surface area contributed by atoms with Crippen molar-refractivity contribution in [3.8, 4) is 22.8 Å². The number of aryl methyl sites for hydroxylation is 1. The Labute approximate surface area is 123 Å². The first kappa shape index (κ1) is 14.9. The number of benzene rings is 1. The van der Waals surface area contributed by atoms with Crippen LogP contribution in [0.25, 0.3) is 11.3 Å². The third-order valence-electron chi connectivity index (χ3n) is 3.12. The largest absolute Gasteiger partial charge is 0.493 e. The van der Waals surface area contributed by atoms with Gasteiger partial charge in [0.25, 0.3) is 5.56 Å². The molecule has 2 aromatic rings. The van der Waals surface area contributed by atoms with E-state index >= 15 is 0 Å². The first-order valence-corrected chi connectivity index (χ1v) is 6.70. The van der Waals surface area contributed by atoms with Crippen LogP contribution >= 0.6 is 0 Å². The van der Waals surface area contributed by atoms with Crippen LogP contribution < -0.4 is 20.8 Å². The summed E-state index contributed by atoms with van der Waals surface area (Å²) in [4.78, 5) is 11.9. The van der Waals surface area contributed by atoms with Gasteiger partial charge in [0.2, 0.25) is 0 Å². The van der Waals surface area contributed by atoms with Crippen LogP contribution in [0.2, 0.25) is 0 Å². The van der Waals surface area contributed by atoms with Crippen molar-refractivity contribution in [3.05, 3.63) is 34.6 Å². The quantitative estimate of drug-likeness (QED) is 0.909. The molecule has 2 N–H and O–H groups in total. The monoisotopic (exact) mass is 289 g/mol. The fraction of sp³-hybridized carbons (Fsp3) is 0.333. The second-order valence-electron chi connectivity index (χ2n) is 4.58. The third kappa shape index (κ3) is 2.99. The number of nitrogens with two attached hydrogens (primary N) is 1. The van der Waals surface area contributed by atoms with Gasteiger partial charge in [-0.1, -0.05) is 6.92 Å². The molecule has 1 aromatic heterocycles. The number of nitrogen functional groups attached to an aromatic ring is 1. The van der Waals surface area contributed by atoms with E-state index in [0.29, 0.717) is 23.7 Å². The van der Waals surface area contributed by atoms with Gasteiger partial charge in [-0.3, -0.25) is 4.79 Å². The predicted molar refractivity (Wildman–Crippen MR) is 81.7 cm³/mol. The minimum absolute atomic E-state index is 0.184. The molecule has 1 heterocycles. The number of methoxy groups -OCH3 is 2. The maximum Gasteiger partial charge on any atom is 0.289 e. The number of nitrogens with zero attached hydrogens (tertiary/aromatic N) is 2. The predicted octanol–water partition coefficient (Wildman–Crippen LogP) is 1.92. The third-order valence-corrected chi connectivity index (χ3v) is 3.12. The molecule has 6 heteroatoms. The SMILES string of the molecule is CCCn1nc(-c2ccc(OC)c(OC)c2)cc(N)c1=O. The molecule has 21 heavy (non-hydrogen) atoms. The van der Waals surface area contributed by atoms with Crippen molar-refractivity contribution < 1.29 is 9.47 Å². The minimum Gasteiger partial charge on any atom is -0.493 e. The molecule has 0 saturated heterocycles. The van der Waals surface area contributed by atoms with Crippen molar-refractivity contribution in [2.75, 3.05) is 20.0 Å². The van der Waals surface area contributed by atoms with E-state index in [2.05, 4.69) is 5.10 Å². The van der Waals surface area contributed by atoms with E-state index in [9.17, 15) is 4.79 Å². The van der Waals surface area contributed by atoms with E-state index < -0.39 is 0 Å². The molecule has 1 aromatic carbocycles. The molecule has 0 amide bonds. The summed E-state index contributed by atoms with van der Waals surface area (Å²) in [6, 6.07) is 7.03. The summed E-state index contributed by atoms with van der Waals surface area (Å²) in [5, 5.41) is 4.35. The molecule has 0 fully saturated rings. The van der Waals surface area contributed by atoms with Gasteiger partial charge >= 0.3 is 0 Å². The molecule has 0 atom stereocenters. The van der Waals surface area contributed by atoms with Gasteiger partial charge in [0.1, 0.15) is 5.69 Å². The van der Waals surface area contributed by atoms with Crippen molar-refractivity contribution >= 4 is 5.69 Å². The summed E-state index contributed by atoms with van der Waals surface area (Å²) in [6.45, 7) is 2.51. The van der Waals surface area contributed by atoms with Crippen LogP contribution in [0.3, 0.4) is 0 Å². The molecule has 0 aliphatic rings. The Kier molecular flexibility index (Phi) is 4.47. The standard InChI is InChI=1S/C15H19N3O3/c1-4-7-18-15(19)11(16)9-12(17-18)10-5-6-13(20-2)14(8-10)21-3/h5-6,8-9H,4,7,16H2,1-3H3. The van der Waals surface area contributed by atoms with Gasteiger partial charge < -0.3 is 15.2 Å². The molecule has 112 valence electrons. The van der Waals surface area contributed by atoms with Crippen LogP contribution in [0.4, 0.5) is 5.69 Å². The Bertz CT molecular complexity index is 695. The van der Waals surface area contributed by atoms with Crippen LogP contribution in [0.1, 0.15) is 13.3 Å². The van der Waals surface area contributed by atoms with E-state index in [1.165, 1.54) is 4.68 Å². The highest BCUT2D eigenvalue weighted by Crippen LogP contribution is 2.31. The molecule has 2 rings (SSSR count). The van der Waals surface area contributed by atoms with Gasteiger partial charge in [0.05, 0.1) is 19.9 Å². The van der Waals surface area contributed by atoms with Crippen molar-refractivity contribution in [1.29, 1.82) is 0 Å². The van der Waals surface area contributed by atoms with Gasteiger partial charge in [-0.2, -0.15) is 5.10 Å². The number of hydrogen-bond acceptors (Lipinski definition) is 5. The molecule has 0 spiro atoms. The van der Waals surface area contributed by atoms with E-state index in [4.69, 9.17) is 15.2 Å². The molecule has 6 nitrogen and oxygen atoms in total. The number of ether oxygens (including phenoxy) is 2. The maximum absolute atomic E-state index is 11.9. The van der Waals surface area contributed by atoms with Crippen LogP contribution in [0.15, 0.2) is 29.1 Å². The number of hydrogen-bond donors (Lipinski definition) is 1. The van der Waals surface area contributed by atoms with Crippen LogP contribution in [0.5, 0.6) is 11.5 Å². The summed E-state index contributed by atoms with van der Waals surface area (Å²) in [5.74, 6) is 1.24. The Morgan fingerprint density at radius 1 is 1.19 bits per heavy atom. The second kappa shape index (κ2) is 6.30. The first-order valence-electron chi connectivity index (χ1n) is 6.70. The van der Waals surface area contributed by atoms with Crippen LogP contribution in [0, 0.1) is 0 Å². The highest BCUT2D eigenvalue weighted by molar-refractivity contribution is 5.66. The fourth-order valence-corrected chi connectivity index (χ4v) is 2.06. The molecular weight excluding hydrogens is 270 g/mol. The van der Waals surface area contributed by atoms with Crippen molar-refractivity contribution in [2.24, 2.45) is 0 Å². The van der Waals surface area contributed by atoms with Gasteiger partial charge in [0, 0.05) is 12.1 Å². The van der Waals surface area contributed by atoms with Gasteiger partial charge in [0.15, 0.2) is 11.5 Å². The molecule has 0 aliphatic heterocycles. The Hall–Kier alpha value is -2.50. The average molecular weight is 289 g/mol. The fourth-order valence-electron chi connectivity index (χ4n) is 2.06. The Balaban J connectivity index is 2.53.